The molecule has 0 aromatic carbocycles. The maximum Gasteiger partial charge on any atom is 0.221 e. The molecule has 0 aliphatic rings. The van der Waals surface area contributed by atoms with Gasteiger partial charge < -0.3 is 0 Å². The normalized spacial score (nSPS) is 11.8. The summed E-state index contributed by atoms with van der Waals surface area (Å²) in [4.78, 5) is 0. The Morgan fingerprint density at radius 1 is 1.54 bits per heavy atom. The summed E-state index contributed by atoms with van der Waals surface area (Å²) >= 11 is 4.48. The zero-order chi connectivity index (χ0) is 9.90. The highest BCUT2D eigenvalue weighted by molar-refractivity contribution is 9.10. The van der Waals surface area contributed by atoms with Gasteiger partial charge in [0.25, 0.3) is 0 Å². The summed E-state index contributed by atoms with van der Waals surface area (Å²) < 4.78 is 24.5. The first-order chi connectivity index (χ1) is 6.05. The largest absolute Gasteiger partial charge is 0.221 e. The molecule has 0 bridgehead atoms. The van der Waals surface area contributed by atoms with Crippen molar-refractivity contribution < 1.29 is 8.42 Å². The highest BCUT2D eigenvalue weighted by Gasteiger charge is 2.07. The van der Waals surface area contributed by atoms with Crippen molar-refractivity contribution in [3.05, 3.63) is 21.9 Å². The lowest BCUT2D eigenvalue weighted by atomic mass is 10.2. The van der Waals surface area contributed by atoms with Gasteiger partial charge in [0.05, 0.1) is 0 Å². The predicted octanol–water partition coefficient (Wildman–Crippen LogP) is 1.83. The van der Waals surface area contributed by atoms with Crippen LogP contribution >= 0.6 is 27.3 Å². The third kappa shape index (κ3) is 3.38. The Morgan fingerprint density at radius 2 is 2.23 bits per heavy atom. The SMILES string of the molecule is Cc1cscc1CNS(=O)(=O)CBr. The zero-order valence-electron chi connectivity index (χ0n) is 7.08. The molecule has 6 heteroatoms. The highest BCUT2D eigenvalue weighted by atomic mass is 79.9. The molecule has 1 N–H and O–H groups in total. The minimum atomic E-state index is -3.14. The molecule has 0 saturated heterocycles. The van der Waals surface area contributed by atoms with Crippen molar-refractivity contribution in [1.29, 1.82) is 0 Å². The lowest BCUT2D eigenvalue weighted by Crippen LogP contribution is -2.23. The predicted molar refractivity (Wildman–Crippen MR) is 58.6 cm³/mol. The molecule has 13 heavy (non-hydrogen) atoms. The Balaban J connectivity index is 2.58. The van der Waals surface area contributed by atoms with E-state index >= 15 is 0 Å². The summed E-state index contributed by atoms with van der Waals surface area (Å²) in [5.74, 6) is 0. The summed E-state index contributed by atoms with van der Waals surface area (Å²) in [6.07, 6.45) is 0. The summed E-state index contributed by atoms with van der Waals surface area (Å²) in [6.45, 7) is 2.34. The fourth-order valence-corrected chi connectivity index (χ4v) is 2.59. The Labute approximate surface area is 90.3 Å². The smallest absolute Gasteiger partial charge is 0.212 e. The van der Waals surface area contributed by atoms with Crippen molar-refractivity contribution in [3.8, 4) is 0 Å². The van der Waals surface area contributed by atoms with E-state index in [1.165, 1.54) is 0 Å². The monoisotopic (exact) mass is 283 g/mol. The second kappa shape index (κ2) is 4.54. The van der Waals surface area contributed by atoms with Crippen LogP contribution in [-0.4, -0.2) is 13.1 Å². The summed E-state index contributed by atoms with van der Waals surface area (Å²) in [5, 5.41) is 3.95. The van der Waals surface area contributed by atoms with Gasteiger partial charge in [-0.2, -0.15) is 11.3 Å². The van der Waals surface area contributed by atoms with E-state index in [1.807, 2.05) is 17.7 Å². The fourth-order valence-electron chi connectivity index (χ4n) is 0.794. The fraction of sp³-hybridized carbons (Fsp3) is 0.429. The van der Waals surface area contributed by atoms with E-state index in [0.717, 1.165) is 11.1 Å². The molecule has 3 nitrogen and oxygen atoms in total. The van der Waals surface area contributed by atoms with Gasteiger partial charge in [0, 0.05) is 6.54 Å². The number of aryl methyl sites for hydroxylation is 1. The minimum Gasteiger partial charge on any atom is -0.212 e. The average molecular weight is 284 g/mol. The van der Waals surface area contributed by atoms with Crippen LogP contribution in [0.3, 0.4) is 0 Å². The van der Waals surface area contributed by atoms with Crippen molar-refractivity contribution in [2.24, 2.45) is 0 Å². The van der Waals surface area contributed by atoms with Crippen LogP contribution in [-0.2, 0) is 16.6 Å². The van der Waals surface area contributed by atoms with Crippen LogP contribution in [0.4, 0.5) is 0 Å². The first-order valence-electron chi connectivity index (χ1n) is 3.60. The van der Waals surface area contributed by atoms with Crippen molar-refractivity contribution in [1.82, 2.24) is 4.72 Å². The minimum absolute atomic E-state index is 0.0524. The average Bonchev–Trinajstić information content (AvgIpc) is 2.48. The van der Waals surface area contributed by atoms with Gasteiger partial charge in [-0.3, -0.25) is 0 Å². The van der Waals surface area contributed by atoms with Crippen LogP contribution in [0.5, 0.6) is 0 Å². The number of hydrogen-bond acceptors (Lipinski definition) is 3. The molecule has 0 aliphatic carbocycles. The molecule has 0 spiro atoms. The molecule has 0 aliphatic heterocycles. The van der Waals surface area contributed by atoms with Crippen LogP contribution in [0, 0.1) is 6.92 Å². The highest BCUT2D eigenvalue weighted by Crippen LogP contribution is 2.13. The van der Waals surface area contributed by atoms with E-state index in [9.17, 15) is 8.42 Å². The Morgan fingerprint density at radius 3 is 2.69 bits per heavy atom. The molecule has 74 valence electrons. The van der Waals surface area contributed by atoms with E-state index < -0.39 is 10.0 Å². The van der Waals surface area contributed by atoms with Crippen LogP contribution < -0.4 is 4.72 Å². The third-order valence-electron chi connectivity index (χ3n) is 1.59. The van der Waals surface area contributed by atoms with Crippen LogP contribution in [0.1, 0.15) is 11.1 Å². The van der Waals surface area contributed by atoms with Gasteiger partial charge >= 0.3 is 0 Å². The molecular formula is C7H10BrNO2S2. The first kappa shape index (κ1) is 11.2. The summed E-state index contributed by atoms with van der Waals surface area (Å²) in [5.41, 5.74) is 2.16. The standard InChI is InChI=1S/C7H10BrNO2S2/c1-6-3-12-4-7(6)2-9-13(10,11)5-8/h3-4,9H,2,5H2,1H3. The Kier molecular flexibility index (Phi) is 3.90. The number of thiophene rings is 1. The van der Waals surface area contributed by atoms with Gasteiger partial charge in [0.15, 0.2) is 0 Å². The van der Waals surface area contributed by atoms with E-state index in [2.05, 4.69) is 20.7 Å². The maximum absolute atomic E-state index is 11.1. The summed E-state index contributed by atoms with van der Waals surface area (Å²) in [6, 6.07) is 0. The zero-order valence-corrected chi connectivity index (χ0v) is 10.3. The quantitative estimate of drug-likeness (QED) is 0.857. The number of hydrogen-bond donors (Lipinski definition) is 1. The molecule has 0 atom stereocenters. The van der Waals surface area contributed by atoms with Gasteiger partial charge in [0.2, 0.25) is 10.0 Å². The van der Waals surface area contributed by atoms with Gasteiger partial charge in [-0.1, -0.05) is 15.9 Å². The molecule has 0 amide bonds. The molecule has 1 aromatic heterocycles. The second-order valence-corrected chi connectivity index (χ2v) is 6.48. The number of sulfonamides is 1. The molecule has 1 heterocycles. The lowest BCUT2D eigenvalue weighted by Gasteiger charge is -2.02. The first-order valence-corrected chi connectivity index (χ1v) is 7.32. The Bertz CT molecular complexity index is 372. The maximum atomic E-state index is 11.1. The number of halogens is 1. The van der Waals surface area contributed by atoms with Crippen LogP contribution in [0.25, 0.3) is 0 Å². The number of rotatable bonds is 4. The topological polar surface area (TPSA) is 46.2 Å². The lowest BCUT2D eigenvalue weighted by molar-refractivity contribution is 0.586. The molecule has 1 rings (SSSR count). The molecule has 0 saturated carbocycles. The third-order valence-corrected chi connectivity index (χ3v) is 5.18. The van der Waals surface area contributed by atoms with Gasteiger partial charge in [-0.15, -0.1) is 0 Å². The molecular weight excluding hydrogens is 274 g/mol. The molecule has 1 aromatic rings. The van der Waals surface area contributed by atoms with Crippen molar-refractivity contribution in [2.75, 3.05) is 4.66 Å². The Hall–Kier alpha value is 0.0900. The van der Waals surface area contributed by atoms with Crippen LogP contribution in [0.15, 0.2) is 10.8 Å². The number of alkyl halides is 1. The van der Waals surface area contributed by atoms with Crippen molar-refractivity contribution in [3.63, 3.8) is 0 Å². The number of nitrogens with one attached hydrogen (secondary N) is 1. The molecule has 0 fully saturated rings. The van der Waals surface area contributed by atoms with Gasteiger partial charge in [0.1, 0.15) is 4.66 Å². The summed E-state index contributed by atoms with van der Waals surface area (Å²) in [7, 11) is -3.14. The van der Waals surface area contributed by atoms with E-state index in [1.54, 1.807) is 11.3 Å². The van der Waals surface area contributed by atoms with Crippen molar-refractivity contribution in [2.45, 2.75) is 13.5 Å². The molecule has 0 unspecified atom stereocenters. The van der Waals surface area contributed by atoms with Crippen LogP contribution in [0.2, 0.25) is 0 Å². The van der Waals surface area contributed by atoms with Crippen molar-refractivity contribution >= 4 is 37.3 Å². The van der Waals surface area contributed by atoms with Gasteiger partial charge in [-0.05, 0) is 28.8 Å². The second-order valence-electron chi connectivity index (χ2n) is 2.63. The van der Waals surface area contributed by atoms with E-state index in [0.29, 0.717) is 6.54 Å². The van der Waals surface area contributed by atoms with Gasteiger partial charge in [-0.25, -0.2) is 13.1 Å². The molecule has 0 radical (unpaired) electrons. The van der Waals surface area contributed by atoms with E-state index in [4.69, 9.17) is 0 Å². The van der Waals surface area contributed by atoms with E-state index in [-0.39, 0.29) is 4.66 Å².